The van der Waals surface area contributed by atoms with Gasteiger partial charge in [-0.15, -0.1) is 0 Å². The van der Waals surface area contributed by atoms with Gasteiger partial charge in [-0.3, -0.25) is 0 Å². The summed E-state index contributed by atoms with van der Waals surface area (Å²) in [5.41, 5.74) is 0. The van der Waals surface area contributed by atoms with Crippen LogP contribution in [0.2, 0.25) is 0 Å². The molecule has 0 aromatic heterocycles. The van der Waals surface area contributed by atoms with Crippen LogP contribution in [-0.4, -0.2) is 6.61 Å². The molecule has 0 aliphatic rings. The maximum absolute atomic E-state index is 13.4. The number of fused-ring (bicyclic) bond motifs is 1. The molecule has 0 saturated heterocycles. The minimum atomic E-state index is -1.46. The molecule has 0 aliphatic heterocycles. The minimum Gasteiger partial charge on any atom is -0.494 e. The van der Waals surface area contributed by atoms with E-state index in [2.05, 4.69) is 0 Å². The average Bonchev–Trinajstić information content (AvgIpc) is 2.28. The summed E-state index contributed by atoms with van der Waals surface area (Å²) in [6.45, 7) is 2.21. The van der Waals surface area contributed by atoms with Crippen molar-refractivity contribution in [1.29, 1.82) is 0 Å². The van der Waals surface area contributed by atoms with Crippen molar-refractivity contribution >= 4 is 10.8 Å². The molecule has 2 aromatic rings. The highest BCUT2D eigenvalue weighted by Gasteiger charge is 2.13. The van der Waals surface area contributed by atoms with Crippen LogP contribution >= 0.6 is 0 Å². The van der Waals surface area contributed by atoms with Crippen LogP contribution < -0.4 is 4.74 Å². The number of halogens is 3. The van der Waals surface area contributed by atoms with Crippen LogP contribution in [0.25, 0.3) is 10.8 Å². The van der Waals surface area contributed by atoms with E-state index >= 15 is 0 Å². The van der Waals surface area contributed by atoms with E-state index in [-0.39, 0.29) is 5.39 Å². The van der Waals surface area contributed by atoms with Gasteiger partial charge in [-0.05, 0) is 30.5 Å². The third-order valence-electron chi connectivity index (χ3n) is 2.26. The SMILES string of the molecule is CCOc1ccc2cc(F)c(F)c(F)c2c1. The Hall–Kier alpha value is -1.71. The van der Waals surface area contributed by atoms with Gasteiger partial charge >= 0.3 is 0 Å². The molecule has 4 heteroatoms. The molecule has 0 N–H and O–H groups in total. The molecule has 0 saturated carbocycles. The highest BCUT2D eigenvalue weighted by molar-refractivity contribution is 5.84. The highest BCUT2D eigenvalue weighted by Crippen LogP contribution is 2.26. The Balaban J connectivity index is 2.68. The van der Waals surface area contributed by atoms with Gasteiger partial charge in [0.1, 0.15) is 5.75 Å². The molecular formula is C12H9F3O. The average molecular weight is 226 g/mol. The predicted octanol–water partition coefficient (Wildman–Crippen LogP) is 3.66. The van der Waals surface area contributed by atoms with Crippen LogP contribution in [0.15, 0.2) is 24.3 Å². The maximum Gasteiger partial charge on any atom is 0.195 e. The molecule has 84 valence electrons. The largest absolute Gasteiger partial charge is 0.494 e. The van der Waals surface area contributed by atoms with Crippen LogP contribution in [0, 0.1) is 17.5 Å². The quantitative estimate of drug-likeness (QED) is 0.710. The molecule has 2 rings (SSSR count). The summed E-state index contributed by atoms with van der Waals surface area (Å²) in [7, 11) is 0. The number of benzene rings is 2. The standard InChI is InChI=1S/C12H9F3O/c1-2-16-8-4-3-7-5-10(13)12(15)11(14)9(7)6-8/h3-6H,2H2,1H3. The van der Waals surface area contributed by atoms with Gasteiger partial charge in [-0.25, -0.2) is 13.2 Å². The summed E-state index contributed by atoms with van der Waals surface area (Å²) in [5, 5.41) is 0.324. The van der Waals surface area contributed by atoms with Gasteiger partial charge in [-0.1, -0.05) is 6.07 Å². The van der Waals surface area contributed by atoms with E-state index in [1.165, 1.54) is 12.1 Å². The van der Waals surface area contributed by atoms with Crippen molar-refractivity contribution < 1.29 is 17.9 Å². The van der Waals surface area contributed by atoms with Gasteiger partial charge in [-0.2, -0.15) is 0 Å². The fourth-order valence-electron chi connectivity index (χ4n) is 1.53. The molecule has 2 aromatic carbocycles. The molecule has 0 heterocycles. The van der Waals surface area contributed by atoms with Crippen molar-refractivity contribution in [3.8, 4) is 5.75 Å². The minimum absolute atomic E-state index is 0.0184. The first-order valence-corrected chi connectivity index (χ1v) is 4.83. The molecule has 0 amide bonds. The van der Waals surface area contributed by atoms with E-state index in [9.17, 15) is 13.2 Å². The molecule has 0 unspecified atom stereocenters. The zero-order valence-corrected chi connectivity index (χ0v) is 8.56. The van der Waals surface area contributed by atoms with Gasteiger partial charge in [0, 0.05) is 5.39 Å². The monoisotopic (exact) mass is 226 g/mol. The Bertz CT molecular complexity index is 537. The van der Waals surface area contributed by atoms with Crippen LogP contribution in [0.4, 0.5) is 13.2 Å². The number of hydrogen-bond acceptors (Lipinski definition) is 1. The Labute approximate surface area is 90.5 Å². The van der Waals surface area contributed by atoms with Gasteiger partial charge in [0.2, 0.25) is 0 Å². The molecule has 16 heavy (non-hydrogen) atoms. The van der Waals surface area contributed by atoms with Crippen LogP contribution in [0.5, 0.6) is 5.75 Å². The Morgan fingerprint density at radius 2 is 1.81 bits per heavy atom. The lowest BCUT2D eigenvalue weighted by Gasteiger charge is -2.06. The maximum atomic E-state index is 13.4. The summed E-state index contributed by atoms with van der Waals surface area (Å²) in [4.78, 5) is 0. The lowest BCUT2D eigenvalue weighted by Crippen LogP contribution is -1.94. The molecule has 0 aliphatic carbocycles. The van der Waals surface area contributed by atoms with Crippen LogP contribution in [-0.2, 0) is 0 Å². The first-order valence-electron chi connectivity index (χ1n) is 4.83. The van der Waals surface area contributed by atoms with E-state index in [4.69, 9.17) is 4.74 Å². The van der Waals surface area contributed by atoms with Gasteiger partial charge in [0.05, 0.1) is 6.61 Å². The lowest BCUT2D eigenvalue weighted by molar-refractivity contribution is 0.340. The topological polar surface area (TPSA) is 9.23 Å². The predicted molar refractivity (Wildman–Crippen MR) is 55.0 cm³/mol. The van der Waals surface area contributed by atoms with Crippen molar-refractivity contribution in [3.63, 3.8) is 0 Å². The Morgan fingerprint density at radius 1 is 1.06 bits per heavy atom. The van der Waals surface area contributed by atoms with Crippen molar-refractivity contribution in [2.45, 2.75) is 6.92 Å². The van der Waals surface area contributed by atoms with Gasteiger partial charge in [0.25, 0.3) is 0 Å². The molecule has 0 fully saturated rings. The summed E-state index contributed by atoms with van der Waals surface area (Å²) in [5.74, 6) is -3.40. The van der Waals surface area contributed by atoms with Crippen LogP contribution in [0.3, 0.4) is 0 Å². The smallest absolute Gasteiger partial charge is 0.195 e. The zero-order valence-electron chi connectivity index (χ0n) is 8.56. The number of ether oxygens (including phenoxy) is 1. The van der Waals surface area contributed by atoms with Crippen molar-refractivity contribution in [2.24, 2.45) is 0 Å². The third kappa shape index (κ3) is 1.71. The molecule has 1 nitrogen and oxygen atoms in total. The van der Waals surface area contributed by atoms with Crippen LogP contribution in [0.1, 0.15) is 6.92 Å². The van der Waals surface area contributed by atoms with Crippen molar-refractivity contribution in [3.05, 3.63) is 41.7 Å². The fourth-order valence-corrected chi connectivity index (χ4v) is 1.53. The first kappa shape index (κ1) is 10.8. The second-order valence-electron chi connectivity index (χ2n) is 3.30. The lowest BCUT2D eigenvalue weighted by atomic mass is 10.1. The number of hydrogen-bond donors (Lipinski definition) is 0. The first-order chi connectivity index (χ1) is 7.63. The van der Waals surface area contributed by atoms with Crippen molar-refractivity contribution in [2.75, 3.05) is 6.61 Å². The third-order valence-corrected chi connectivity index (χ3v) is 2.26. The summed E-state index contributed by atoms with van der Waals surface area (Å²) in [6.07, 6.45) is 0. The molecule has 0 atom stereocenters. The second kappa shape index (κ2) is 4.04. The molecular weight excluding hydrogens is 217 g/mol. The summed E-state index contributed by atoms with van der Waals surface area (Å²) < 4.78 is 44.5. The fraction of sp³-hybridized carbons (Fsp3) is 0.167. The van der Waals surface area contributed by atoms with E-state index in [0.717, 1.165) is 6.07 Å². The zero-order chi connectivity index (χ0) is 11.7. The Kier molecular flexibility index (Phi) is 2.73. The van der Waals surface area contributed by atoms with E-state index in [0.29, 0.717) is 17.7 Å². The van der Waals surface area contributed by atoms with E-state index in [1.807, 2.05) is 0 Å². The normalized spacial score (nSPS) is 10.8. The molecule has 0 spiro atoms. The van der Waals surface area contributed by atoms with Gasteiger partial charge in [0.15, 0.2) is 17.5 Å². The van der Waals surface area contributed by atoms with Crippen molar-refractivity contribution in [1.82, 2.24) is 0 Å². The second-order valence-corrected chi connectivity index (χ2v) is 3.30. The molecule has 0 bridgehead atoms. The van der Waals surface area contributed by atoms with Gasteiger partial charge < -0.3 is 4.74 Å². The highest BCUT2D eigenvalue weighted by atomic mass is 19.2. The summed E-state index contributed by atoms with van der Waals surface area (Å²) >= 11 is 0. The Morgan fingerprint density at radius 3 is 2.50 bits per heavy atom. The number of rotatable bonds is 2. The van der Waals surface area contributed by atoms with E-state index < -0.39 is 17.5 Å². The van der Waals surface area contributed by atoms with E-state index in [1.54, 1.807) is 13.0 Å². The molecule has 0 radical (unpaired) electrons. The summed E-state index contributed by atoms with van der Waals surface area (Å²) in [6, 6.07) is 5.40.